The molecule has 0 aromatic carbocycles. The number of rotatable bonds is 1. The van der Waals surface area contributed by atoms with Crippen molar-refractivity contribution in [3.63, 3.8) is 0 Å². The topological polar surface area (TPSA) is 26.0 Å². The normalized spacial score (nSPS) is 56.2. The largest absolute Gasteiger partial charge is 0.330 e. The highest BCUT2D eigenvalue weighted by Crippen LogP contribution is 2.58. The zero-order chi connectivity index (χ0) is 8.13. The summed E-state index contributed by atoms with van der Waals surface area (Å²) in [4.78, 5) is 0. The zero-order valence-corrected chi connectivity index (χ0v) is 7.71. The van der Waals surface area contributed by atoms with Gasteiger partial charge in [0.1, 0.15) is 0 Å². The summed E-state index contributed by atoms with van der Waals surface area (Å²) in [6, 6.07) is 0. The molecule has 4 unspecified atom stereocenters. The van der Waals surface area contributed by atoms with Crippen molar-refractivity contribution in [1.82, 2.24) is 0 Å². The smallest absolute Gasteiger partial charge is 0.00434 e. The second-order valence-electron chi connectivity index (χ2n) is 5.14. The summed E-state index contributed by atoms with van der Waals surface area (Å²) in [5, 5.41) is 0. The van der Waals surface area contributed by atoms with Gasteiger partial charge in [0.15, 0.2) is 0 Å². The van der Waals surface area contributed by atoms with Gasteiger partial charge in [-0.1, -0.05) is 0 Å². The van der Waals surface area contributed by atoms with Crippen molar-refractivity contribution < 1.29 is 0 Å². The van der Waals surface area contributed by atoms with Crippen molar-refractivity contribution in [1.29, 1.82) is 0 Å². The van der Waals surface area contributed by atoms with Crippen LogP contribution in [0, 0.1) is 29.6 Å². The summed E-state index contributed by atoms with van der Waals surface area (Å²) >= 11 is 0. The van der Waals surface area contributed by atoms with Crippen molar-refractivity contribution >= 4 is 0 Å². The second-order valence-corrected chi connectivity index (χ2v) is 5.14. The molecule has 0 aromatic heterocycles. The molecule has 0 aromatic rings. The number of fused-ring (bicyclic) bond motifs is 2. The molecule has 1 nitrogen and oxygen atoms in total. The van der Waals surface area contributed by atoms with Gasteiger partial charge in [-0.2, -0.15) is 0 Å². The molecule has 5 fully saturated rings. The first-order valence-corrected chi connectivity index (χ1v) is 5.60. The van der Waals surface area contributed by atoms with Crippen LogP contribution in [0.15, 0.2) is 0 Å². The van der Waals surface area contributed by atoms with Gasteiger partial charge in [-0.3, -0.25) is 0 Å². The maximum absolute atomic E-state index is 5.88. The lowest BCUT2D eigenvalue weighted by atomic mass is 9.48. The molecule has 5 aliphatic rings. The van der Waals surface area contributed by atoms with Crippen LogP contribution in [0.2, 0.25) is 0 Å². The SMILES string of the molecule is NCC1C2CCC3CC2CCC31. The predicted molar refractivity (Wildman–Crippen MR) is 49.6 cm³/mol. The Bertz CT molecular complexity index is 171. The molecule has 4 bridgehead atoms. The Morgan fingerprint density at radius 3 is 1.92 bits per heavy atom. The minimum absolute atomic E-state index is 0.927. The third-order valence-electron chi connectivity index (χ3n) is 4.93. The third-order valence-corrected chi connectivity index (χ3v) is 4.93. The van der Waals surface area contributed by atoms with Crippen molar-refractivity contribution in [2.45, 2.75) is 32.1 Å². The van der Waals surface area contributed by atoms with Gasteiger partial charge in [0.2, 0.25) is 0 Å². The lowest BCUT2D eigenvalue weighted by molar-refractivity contribution is -0.0709. The molecule has 68 valence electrons. The Hall–Kier alpha value is -0.0400. The highest BCUT2D eigenvalue weighted by Gasteiger charge is 2.50. The van der Waals surface area contributed by atoms with E-state index in [1.54, 1.807) is 6.42 Å². The first kappa shape index (κ1) is 7.37. The lowest BCUT2D eigenvalue weighted by Gasteiger charge is -2.57. The van der Waals surface area contributed by atoms with Crippen LogP contribution < -0.4 is 5.73 Å². The standard InChI is InChI=1S/C11H19N/c12-6-11-9-3-1-7-5-8(9)2-4-10(7)11/h7-11H,1-6,12H2. The molecule has 0 radical (unpaired) electrons. The summed E-state index contributed by atoms with van der Waals surface area (Å²) in [6.07, 6.45) is 7.64. The molecule has 0 spiro atoms. The fraction of sp³-hybridized carbons (Fsp3) is 1.00. The van der Waals surface area contributed by atoms with E-state index in [0.717, 1.165) is 36.1 Å². The van der Waals surface area contributed by atoms with Gasteiger partial charge in [0.05, 0.1) is 0 Å². The quantitative estimate of drug-likeness (QED) is 0.632. The fourth-order valence-electron chi connectivity index (χ4n) is 4.48. The van der Waals surface area contributed by atoms with Crippen molar-refractivity contribution in [2.75, 3.05) is 6.54 Å². The van der Waals surface area contributed by atoms with Crippen molar-refractivity contribution in [2.24, 2.45) is 35.3 Å². The number of nitrogens with two attached hydrogens (primary N) is 1. The van der Waals surface area contributed by atoms with Gasteiger partial charge < -0.3 is 5.73 Å². The number of hydrogen-bond acceptors (Lipinski definition) is 1. The third kappa shape index (κ3) is 0.783. The van der Waals surface area contributed by atoms with E-state index in [0.29, 0.717) is 0 Å². The minimum atomic E-state index is 0.927. The van der Waals surface area contributed by atoms with Crippen LogP contribution in [0.25, 0.3) is 0 Å². The van der Waals surface area contributed by atoms with Gasteiger partial charge in [0, 0.05) is 0 Å². The summed E-state index contributed by atoms with van der Waals surface area (Å²) in [5.74, 6) is 5.18. The predicted octanol–water partition coefficient (Wildman–Crippen LogP) is 2.02. The van der Waals surface area contributed by atoms with E-state index >= 15 is 0 Å². The fourth-order valence-corrected chi connectivity index (χ4v) is 4.48. The molecule has 5 saturated carbocycles. The minimum Gasteiger partial charge on any atom is -0.330 e. The van der Waals surface area contributed by atoms with E-state index in [1.807, 2.05) is 0 Å². The molecule has 12 heavy (non-hydrogen) atoms. The molecule has 1 heteroatoms. The Morgan fingerprint density at radius 2 is 1.50 bits per heavy atom. The lowest BCUT2D eigenvalue weighted by Crippen LogP contribution is -2.51. The Kier molecular flexibility index (Phi) is 1.52. The molecular formula is C11H19N. The monoisotopic (exact) mass is 165 g/mol. The van der Waals surface area contributed by atoms with E-state index < -0.39 is 0 Å². The molecule has 0 heterocycles. The van der Waals surface area contributed by atoms with Gasteiger partial charge >= 0.3 is 0 Å². The second kappa shape index (κ2) is 2.47. The average molecular weight is 165 g/mol. The molecule has 0 amide bonds. The Balaban J connectivity index is 1.91. The molecule has 5 rings (SSSR count). The maximum Gasteiger partial charge on any atom is -0.00434 e. The van der Waals surface area contributed by atoms with Crippen LogP contribution in [-0.2, 0) is 0 Å². The van der Waals surface area contributed by atoms with Gasteiger partial charge in [-0.05, 0) is 68.2 Å². The van der Waals surface area contributed by atoms with Crippen LogP contribution in [0.1, 0.15) is 32.1 Å². The highest BCUT2D eigenvalue weighted by atomic mass is 14.6. The van der Waals surface area contributed by atoms with E-state index in [2.05, 4.69) is 0 Å². The van der Waals surface area contributed by atoms with Gasteiger partial charge in [-0.15, -0.1) is 0 Å². The van der Waals surface area contributed by atoms with Crippen LogP contribution in [0.3, 0.4) is 0 Å². The maximum atomic E-state index is 5.88. The van der Waals surface area contributed by atoms with Crippen LogP contribution in [0.4, 0.5) is 0 Å². The molecular weight excluding hydrogens is 146 g/mol. The highest BCUT2D eigenvalue weighted by molar-refractivity contribution is 5.01. The number of hydrogen-bond donors (Lipinski definition) is 1. The molecule has 5 aliphatic carbocycles. The van der Waals surface area contributed by atoms with Crippen molar-refractivity contribution in [3.05, 3.63) is 0 Å². The van der Waals surface area contributed by atoms with Gasteiger partial charge in [-0.25, -0.2) is 0 Å². The molecule has 2 N–H and O–H groups in total. The molecule has 0 saturated heterocycles. The van der Waals surface area contributed by atoms with E-state index in [-0.39, 0.29) is 0 Å². The Morgan fingerprint density at radius 1 is 0.917 bits per heavy atom. The summed E-state index contributed by atoms with van der Waals surface area (Å²) < 4.78 is 0. The van der Waals surface area contributed by atoms with Crippen molar-refractivity contribution in [3.8, 4) is 0 Å². The summed E-state index contributed by atoms with van der Waals surface area (Å²) in [6.45, 7) is 0.975. The van der Waals surface area contributed by atoms with Crippen LogP contribution >= 0.6 is 0 Å². The van der Waals surface area contributed by atoms with E-state index in [9.17, 15) is 0 Å². The summed E-state index contributed by atoms with van der Waals surface area (Å²) in [7, 11) is 0. The van der Waals surface area contributed by atoms with Gasteiger partial charge in [0.25, 0.3) is 0 Å². The van der Waals surface area contributed by atoms with E-state index in [4.69, 9.17) is 5.73 Å². The molecule has 4 atom stereocenters. The van der Waals surface area contributed by atoms with Crippen LogP contribution in [-0.4, -0.2) is 6.54 Å². The van der Waals surface area contributed by atoms with Crippen LogP contribution in [0.5, 0.6) is 0 Å². The molecule has 0 aliphatic heterocycles. The summed E-state index contributed by atoms with van der Waals surface area (Å²) in [5.41, 5.74) is 5.88. The average Bonchev–Trinajstić information content (AvgIpc) is 2.17. The van der Waals surface area contributed by atoms with E-state index in [1.165, 1.54) is 25.7 Å². The zero-order valence-electron chi connectivity index (χ0n) is 7.71. The Labute approximate surface area is 74.7 Å². The first-order valence-electron chi connectivity index (χ1n) is 5.60. The first-order chi connectivity index (χ1) is 5.90.